The first kappa shape index (κ1) is 15.8. The van der Waals surface area contributed by atoms with Crippen LogP contribution in [0, 0.1) is 0 Å². The quantitative estimate of drug-likeness (QED) is 0.482. The van der Waals surface area contributed by atoms with E-state index in [9.17, 15) is 4.79 Å². The number of nitrogens with zero attached hydrogens (tertiary/aromatic N) is 2. The predicted molar refractivity (Wildman–Crippen MR) is 81.1 cm³/mol. The number of benzene rings is 1. The fourth-order valence-electron chi connectivity index (χ4n) is 1.39. The highest BCUT2D eigenvalue weighted by Crippen LogP contribution is 2.22. The normalized spacial score (nSPS) is 11.3. The van der Waals surface area contributed by atoms with E-state index in [0.29, 0.717) is 16.3 Å². The van der Waals surface area contributed by atoms with Crippen molar-refractivity contribution in [3.63, 3.8) is 0 Å². The van der Waals surface area contributed by atoms with Crippen molar-refractivity contribution in [1.82, 2.24) is 5.32 Å². The third kappa shape index (κ3) is 4.77. The van der Waals surface area contributed by atoms with Crippen LogP contribution in [-0.4, -0.2) is 23.9 Å². The second kappa shape index (κ2) is 6.76. The third-order valence-corrected chi connectivity index (χ3v) is 2.43. The van der Waals surface area contributed by atoms with Gasteiger partial charge in [-0.3, -0.25) is 4.79 Å². The van der Waals surface area contributed by atoms with Gasteiger partial charge in [0.1, 0.15) is 0 Å². The van der Waals surface area contributed by atoms with Gasteiger partial charge in [0.15, 0.2) is 5.96 Å². The first-order chi connectivity index (χ1) is 9.29. The molecule has 0 heterocycles. The molecule has 0 fully saturated rings. The molecule has 7 nitrogen and oxygen atoms in total. The molecule has 20 heavy (non-hydrogen) atoms. The van der Waals surface area contributed by atoms with Crippen molar-refractivity contribution >= 4 is 35.1 Å². The number of nitrogens with two attached hydrogens (primary N) is 3. The average Bonchev–Trinajstić information content (AvgIpc) is 2.29. The molecule has 0 radical (unpaired) electrons. The van der Waals surface area contributed by atoms with Crippen LogP contribution in [0.5, 0.6) is 0 Å². The van der Waals surface area contributed by atoms with E-state index in [1.54, 1.807) is 12.1 Å². The van der Waals surface area contributed by atoms with Crippen molar-refractivity contribution in [2.24, 2.45) is 27.2 Å². The highest BCUT2D eigenvalue weighted by Gasteiger charge is 2.12. The molecule has 0 unspecified atom stereocenters. The molecule has 7 N–H and O–H groups in total. The second-order valence-electron chi connectivity index (χ2n) is 4.30. The zero-order valence-corrected chi connectivity index (χ0v) is 12.0. The Kier molecular flexibility index (Phi) is 5.33. The SMILES string of the molecule is CC(C)NC(=O)c1cc(N=C(N)N=C(N)N)ccc1Cl. The Bertz CT molecular complexity index is 563. The van der Waals surface area contributed by atoms with Crippen LogP contribution >= 0.6 is 11.6 Å². The Labute approximate surface area is 121 Å². The van der Waals surface area contributed by atoms with Gasteiger partial charge >= 0.3 is 0 Å². The summed E-state index contributed by atoms with van der Waals surface area (Å²) in [7, 11) is 0. The first-order valence-electron chi connectivity index (χ1n) is 5.83. The van der Waals surface area contributed by atoms with Gasteiger partial charge in [0, 0.05) is 6.04 Å². The van der Waals surface area contributed by atoms with E-state index >= 15 is 0 Å². The minimum absolute atomic E-state index is 0.00238. The summed E-state index contributed by atoms with van der Waals surface area (Å²) >= 11 is 5.99. The minimum Gasteiger partial charge on any atom is -0.370 e. The van der Waals surface area contributed by atoms with Crippen LogP contribution in [0.2, 0.25) is 5.02 Å². The van der Waals surface area contributed by atoms with Crippen LogP contribution in [0.25, 0.3) is 0 Å². The Morgan fingerprint density at radius 2 is 1.95 bits per heavy atom. The monoisotopic (exact) mass is 296 g/mol. The summed E-state index contributed by atoms with van der Waals surface area (Å²) in [5.41, 5.74) is 16.6. The Morgan fingerprint density at radius 1 is 1.30 bits per heavy atom. The summed E-state index contributed by atoms with van der Waals surface area (Å²) in [6, 6.07) is 4.66. The number of halogens is 1. The molecule has 1 rings (SSSR count). The van der Waals surface area contributed by atoms with Crippen LogP contribution in [0.3, 0.4) is 0 Å². The highest BCUT2D eigenvalue weighted by atomic mass is 35.5. The number of hydrogen-bond donors (Lipinski definition) is 4. The number of rotatable bonds is 3. The molecule has 8 heteroatoms. The van der Waals surface area contributed by atoms with Crippen LogP contribution in [-0.2, 0) is 0 Å². The van der Waals surface area contributed by atoms with Crippen LogP contribution in [0.1, 0.15) is 24.2 Å². The summed E-state index contributed by atoms with van der Waals surface area (Å²) in [4.78, 5) is 19.5. The van der Waals surface area contributed by atoms with Crippen molar-refractivity contribution < 1.29 is 4.79 Å². The third-order valence-electron chi connectivity index (χ3n) is 2.10. The van der Waals surface area contributed by atoms with Gasteiger partial charge in [0.05, 0.1) is 16.3 Å². The molecule has 1 aromatic carbocycles. The molecule has 0 aliphatic carbocycles. The zero-order chi connectivity index (χ0) is 15.3. The maximum absolute atomic E-state index is 11.9. The van der Waals surface area contributed by atoms with Crippen LogP contribution < -0.4 is 22.5 Å². The number of aliphatic imine (C=N–C) groups is 2. The van der Waals surface area contributed by atoms with Crippen LogP contribution in [0.15, 0.2) is 28.2 Å². The predicted octanol–water partition coefficient (Wildman–Crippen LogP) is 0.698. The van der Waals surface area contributed by atoms with Crippen molar-refractivity contribution in [3.8, 4) is 0 Å². The zero-order valence-electron chi connectivity index (χ0n) is 11.2. The van der Waals surface area contributed by atoms with Crippen molar-refractivity contribution in [2.75, 3.05) is 0 Å². The number of amides is 1. The smallest absolute Gasteiger partial charge is 0.253 e. The molecule has 1 amide bonds. The lowest BCUT2D eigenvalue weighted by molar-refractivity contribution is 0.0943. The van der Waals surface area contributed by atoms with E-state index in [2.05, 4.69) is 15.3 Å². The summed E-state index contributed by atoms with van der Waals surface area (Å²) in [6.07, 6.45) is 0. The molecule has 0 atom stereocenters. The number of hydrogen-bond acceptors (Lipinski definition) is 2. The molecule has 0 saturated heterocycles. The Hall–Kier alpha value is -2.28. The van der Waals surface area contributed by atoms with Crippen molar-refractivity contribution in [3.05, 3.63) is 28.8 Å². The lowest BCUT2D eigenvalue weighted by Crippen LogP contribution is -2.30. The number of carbonyl (C=O) groups is 1. The molecular formula is C12H17ClN6O. The van der Waals surface area contributed by atoms with Gasteiger partial charge in [-0.1, -0.05) is 11.6 Å². The van der Waals surface area contributed by atoms with Gasteiger partial charge in [0.2, 0.25) is 5.96 Å². The molecule has 0 bridgehead atoms. The summed E-state index contributed by atoms with van der Waals surface area (Å²) < 4.78 is 0. The van der Waals surface area contributed by atoms with E-state index in [0.717, 1.165) is 0 Å². The Balaban J connectivity index is 3.09. The van der Waals surface area contributed by atoms with E-state index in [1.807, 2.05) is 13.8 Å². The molecule has 0 aromatic heterocycles. The standard InChI is InChI=1S/C12H17ClN6O/c1-6(2)17-10(20)8-5-7(3-4-9(8)13)18-12(16)19-11(14)15/h3-6H,1-2H3,(H,17,20)(H6,14,15,16,18,19). The minimum atomic E-state index is -0.289. The lowest BCUT2D eigenvalue weighted by Gasteiger charge is -2.10. The molecule has 0 aliphatic rings. The summed E-state index contributed by atoms with van der Waals surface area (Å²) in [5, 5.41) is 3.06. The fraction of sp³-hybridized carbons (Fsp3) is 0.250. The molecule has 0 spiro atoms. The van der Waals surface area contributed by atoms with Gasteiger partial charge in [-0.15, -0.1) is 0 Å². The second-order valence-corrected chi connectivity index (χ2v) is 4.71. The number of nitrogens with one attached hydrogen (secondary N) is 1. The molecule has 0 saturated carbocycles. The van der Waals surface area contributed by atoms with E-state index in [4.69, 9.17) is 28.8 Å². The van der Waals surface area contributed by atoms with E-state index < -0.39 is 0 Å². The van der Waals surface area contributed by atoms with Gasteiger partial charge in [-0.05, 0) is 32.0 Å². The molecule has 108 valence electrons. The van der Waals surface area contributed by atoms with Crippen molar-refractivity contribution in [2.45, 2.75) is 19.9 Å². The van der Waals surface area contributed by atoms with Gasteiger partial charge in [0.25, 0.3) is 5.91 Å². The average molecular weight is 297 g/mol. The Morgan fingerprint density at radius 3 is 2.50 bits per heavy atom. The summed E-state index contributed by atoms with van der Waals surface area (Å²) in [6.45, 7) is 3.70. The molecular weight excluding hydrogens is 280 g/mol. The molecule has 0 aliphatic heterocycles. The van der Waals surface area contributed by atoms with Gasteiger partial charge < -0.3 is 22.5 Å². The first-order valence-corrected chi connectivity index (χ1v) is 6.21. The largest absolute Gasteiger partial charge is 0.370 e. The van der Waals surface area contributed by atoms with Gasteiger partial charge in [-0.25, -0.2) is 4.99 Å². The van der Waals surface area contributed by atoms with Gasteiger partial charge in [-0.2, -0.15) is 4.99 Å². The number of carbonyl (C=O) groups excluding carboxylic acids is 1. The highest BCUT2D eigenvalue weighted by molar-refractivity contribution is 6.34. The van der Waals surface area contributed by atoms with E-state index in [1.165, 1.54) is 6.07 Å². The maximum atomic E-state index is 11.9. The molecule has 1 aromatic rings. The van der Waals surface area contributed by atoms with E-state index in [-0.39, 0.29) is 23.9 Å². The lowest BCUT2D eigenvalue weighted by atomic mass is 10.2. The van der Waals surface area contributed by atoms with Crippen molar-refractivity contribution in [1.29, 1.82) is 0 Å². The van der Waals surface area contributed by atoms with Crippen LogP contribution in [0.4, 0.5) is 5.69 Å². The summed E-state index contributed by atoms with van der Waals surface area (Å²) in [5.74, 6) is -0.594. The fourth-order valence-corrected chi connectivity index (χ4v) is 1.59. The topological polar surface area (TPSA) is 132 Å². The maximum Gasteiger partial charge on any atom is 0.253 e. The number of guanidine groups is 2.